The Kier molecular flexibility index (Phi) is 7.05. The maximum Gasteiger partial charge on any atom is 0.353 e. The topological polar surface area (TPSA) is 160 Å². The molecule has 3 heterocycles. The number of carboxylic acid groups (broad SMARTS) is 1. The number of ether oxygens (including phenoxy) is 1. The summed E-state index contributed by atoms with van der Waals surface area (Å²) in [6.07, 6.45) is 0. The largest absolute Gasteiger partial charge is 0.477 e. The minimum Gasteiger partial charge on any atom is -0.477 e. The van der Waals surface area contributed by atoms with Gasteiger partial charge in [-0.15, -0.1) is 11.8 Å². The first-order valence-electron chi connectivity index (χ1n) is 9.05. The minimum atomic E-state index is -1.33. The number of nitrogens with one attached hydrogen (secondary N) is 1. The van der Waals surface area contributed by atoms with Crippen molar-refractivity contribution in [3.05, 3.63) is 22.1 Å². The summed E-state index contributed by atoms with van der Waals surface area (Å²) in [4.78, 5) is 58.4. The molecule has 1 fully saturated rings. The molecule has 32 heavy (non-hydrogen) atoms. The number of nitrogens with zero attached hydrogens (tertiary/aromatic N) is 4. The number of aliphatic carboxylic acids is 1. The molecule has 0 aliphatic carbocycles. The van der Waals surface area contributed by atoms with E-state index in [2.05, 4.69) is 19.8 Å². The maximum atomic E-state index is 12.8. The molecule has 2 aliphatic heterocycles. The lowest BCUT2D eigenvalue weighted by molar-refractivity contribution is -0.160. The third-order valence-electron chi connectivity index (χ3n) is 3.96. The molecule has 3 rings (SSSR count). The van der Waals surface area contributed by atoms with Crippen LogP contribution >= 0.6 is 34.9 Å². The number of carbonyl (C=O) groups is 4. The van der Waals surface area contributed by atoms with Gasteiger partial charge in [-0.1, -0.05) is 16.8 Å². The van der Waals surface area contributed by atoms with E-state index < -0.39 is 47.4 Å². The number of halogens is 1. The van der Waals surface area contributed by atoms with Crippen LogP contribution in [0.3, 0.4) is 0 Å². The van der Waals surface area contributed by atoms with Crippen LogP contribution in [0, 0.1) is 0 Å². The molecule has 0 bridgehead atoms. The number of fused-ring (bicyclic) bond motifs is 1. The zero-order valence-electron chi connectivity index (χ0n) is 17.0. The van der Waals surface area contributed by atoms with E-state index in [0.717, 1.165) is 16.4 Å². The monoisotopic (exact) mass is 503 g/mol. The average molecular weight is 504 g/mol. The van der Waals surface area contributed by atoms with Gasteiger partial charge in [-0.05, 0) is 32.3 Å². The fourth-order valence-electron chi connectivity index (χ4n) is 2.77. The van der Waals surface area contributed by atoms with Gasteiger partial charge in [0, 0.05) is 5.75 Å². The molecule has 2 N–H and O–H groups in total. The van der Waals surface area contributed by atoms with Crippen LogP contribution in [0.4, 0.5) is 0 Å². The van der Waals surface area contributed by atoms with Crippen LogP contribution in [-0.2, 0) is 28.8 Å². The molecule has 172 valence electrons. The summed E-state index contributed by atoms with van der Waals surface area (Å²) in [5.41, 5.74) is -0.0118. The third-order valence-corrected chi connectivity index (χ3v) is 6.19. The van der Waals surface area contributed by atoms with E-state index in [1.54, 1.807) is 20.8 Å². The standard InChI is InChI=1S/C17H18ClN5O7S2/c1-17(2,3)30-8(24)4-29-21-9(12-19-6-32-22-12)13(25)20-10-14(26)23-11(16(27)28)7(18)5-31-15(10)23/h6,10,15H,4-5H2,1-3H3,(H,20,25)(H,27,28)/b21-9-/t10?,15-/m1/s1. The first-order valence-corrected chi connectivity index (χ1v) is 11.3. The van der Waals surface area contributed by atoms with Gasteiger partial charge in [0.1, 0.15) is 28.2 Å². The predicted molar refractivity (Wildman–Crippen MR) is 114 cm³/mol. The highest BCUT2D eigenvalue weighted by Crippen LogP contribution is 2.41. The van der Waals surface area contributed by atoms with Crippen molar-refractivity contribution in [1.82, 2.24) is 19.6 Å². The third kappa shape index (κ3) is 5.19. The quantitative estimate of drug-likeness (QED) is 0.232. The van der Waals surface area contributed by atoms with E-state index in [1.165, 1.54) is 17.3 Å². The van der Waals surface area contributed by atoms with E-state index >= 15 is 0 Å². The van der Waals surface area contributed by atoms with Gasteiger partial charge in [0.2, 0.25) is 18.1 Å². The number of hydrogen-bond acceptors (Lipinski definition) is 11. The number of carbonyl (C=O) groups excluding carboxylic acids is 3. The summed E-state index contributed by atoms with van der Waals surface area (Å²) in [5.74, 6) is -3.37. The number of oxime groups is 1. The molecular formula is C17H18ClN5O7S2. The van der Waals surface area contributed by atoms with E-state index in [9.17, 15) is 24.3 Å². The Morgan fingerprint density at radius 2 is 2.12 bits per heavy atom. The first-order chi connectivity index (χ1) is 15.0. The Labute approximate surface area is 195 Å². The van der Waals surface area contributed by atoms with Gasteiger partial charge >= 0.3 is 11.9 Å². The van der Waals surface area contributed by atoms with E-state index in [4.69, 9.17) is 21.2 Å². The van der Waals surface area contributed by atoms with Gasteiger partial charge in [0.25, 0.3) is 11.8 Å². The molecule has 0 aromatic carbocycles. The van der Waals surface area contributed by atoms with Crippen LogP contribution < -0.4 is 5.32 Å². The second-order valence-corrected chi connectivity index (χ2v) is 9.64. The van der Waals surface area contributed by atoms with E-state index in [-0.39, 0.29) is 28.0 Å². The van der Waals surface area contributed by atoms with E-state index in [1.807, 2.05) is 0 Å². The summed E-state index contributed by atoms with van der Waals surface area (Å²) < 4.78 is 9.03. The summed E-state index contributed by atoms with van der Waals surface area (Å²) in [6, 6.07) is -1.01. The van der Waals surface area contributed by atoms with Gasteiger partial charge in [-0.2, -0.15) is 4.37 Å². The van der Waals surface area contributed by atoms with Crippen LogP contribution in [0.15, 0.2) is 21.4 Å². The Bertz CT molecular complexity index is 1010. The molecule has 1 aromatic heterocycles. The number of rotatable bonds is 7. The van der Waals surface area contributed by atoms with Gasteiger partial charge in [0.05, 0.1) is 5.03 Å². The maximum absolute atomic E-state index is 12.8. The molecule has 1 saturated heterocycles. The number of aromatic nitrogens is 2. The Morgan fingerprint density at radius 1 is 1.41 bits per heavy atom. The second-order valence-electron chi connectivity index (χ2n) is 7.47. The lowest BCUT2D eigenvalue weighted by atomic mass is 10.0. The van der Waals surface area contributed by atoms with Crippen molar-refractivity contribution in [3.63, 3.8) is 0 Å². The van der Waals surface area contributed by atoms with Gasteiger partial charge < -0.3 is 20.0 Å². The first kappa shape index (κ1) is 23.9. The lowest BCUT2D eigenvalue weighted by Gasteiger charge is -2.48. The summed E-state index contributed by atoms with van der Waals surface area (Å²) in [7, 11) is 0. The van der Waals surface area contributed by atoms with Crippen LogP contribution in [0.25, 0.3) is 0 Å². The van der Waals surface area contributed by atoms with E-state index in [0.29, 0.717) is 0 Å². The molecule has 12 nitrogen and oxygen atoms in total. The number of thioether (sulfide) groups is 1. The minimum absolute atomic E-state index is 0.0429. The van der Waals surface area contributed by atoms with Gasteiger partial charge in [0.15, 0.2) is 0 Å². The number of β-lactam (4-membered cyclic amide) rings is 1. The number of carboxylic acids is 1. The molecule has 2 aliphatic rings. The molecule has 1 unspecified atom stereocenters. The highest BCUT2D eigenvalue weighted by atomic mass is 35.5. The smallest absolute Gasteiger partial charge is 0.353 e. The fraction of sp³-hybridized carbons (Fsp3) is 0.471. The Hall–Kier alpha value is -2.71. The fourth-order valence-corrected chi connectivity index (χ4v) is 4.75. The molecule has 15 heteroatoms. The summed E-state index contributed by atoms with van der Waals surface area (Å²) >= 11 is 8.11. The van der Waals surface area contributed by atoms with Crippen molar-refractivity contribution in [2.75, 3.05) is 12.4 Å². The Morgan fingerprint density at radius 3 is 2.72 bits per heavy atom. The van der Waals surface area contributed by atoms with Crippen molar-refractivity contribution in [2.24, 2.45) is 5.16 Å². The average Bonchev–Trinajstić information content (AvgIpc) is 3.21. The highest BCUT2D eigenvalue weighted by Gasteiger charge is 2.54. The zero-order chi connectivity index (χ0) is 23.6. The normalized spacial score (nSPS) is 20.9. The van der Waals surface area contributed by atoms with Crippen LogP contribution in [0.1, 0.15) is 26.6 Å². The molecule has 0 spiro atoms. The SMILES string of the molecule is CC(C)(C)OC(=O)CO/N=C(\C(=O)NC1C(=O)N2C(C(=O)O)=C(Cl)CS[C@H]12)c1ncsn1. The number of esters is 1. The van der Waals surface area contributed by atoms with Crippen LogP contribution in [-0.4, -0.2) is 78.2 Å². The number of hydrogen-bond donors (Lipinski definition) is 2. The van der Waals surface area contributed by atoms with Gasteiger partial charge in [-0.3, -0.25) is 14.5 Å². The van der Waals surface area contributed by atoms with Crippen molar-refractivity contribution in [1.29, 1.82) is 0 Å². The van der Waals surface area contributed by atoms with Crippen LogP contribution in [0.2, 0.25) is 0 Å². The van der Waals surface area contributed by atoms with Crippen molar-refractivity contribution >= 4 is 64.4 Å². The summed E-state index contributed by atoms with van der Waals surface area (Å²) in [6.45, 7) is 4.50. The van der Waals surface area contributed by atoms with Gasteiger partial charge in [-0.25, -0.2) is 14.6 Å². The lowest BCUT2D eigenvalue weighted by Crippen LogP contribution is -2.71. The summed E-state index contributed by atoms with van der Waals surface area (Å²) in [5, 5.41) is 14.9. The zero-order valence-corrected chi connectivity index (χ0v) is 19.4. The van der Waals surface area contributed by atoms with Crippen molar-refractivity contribution in [3.8, 4) is 0 Å². The van der Waals surface area contributed by atoms with Crippen molar-refractivity contribution < 1.29 is 33.9 Å². The number of amides is 2. The molecular weight excluding hydrogens is 486 g/mol. The predicted octanol–water partition coefficient (Wildman–Crippen LogP) is 0.535. The molecule has 0 radical (unpaired) electrons. The molecule has 0 saturated carbocycles. The molecule has 2 amide bonds. The van der Waals surface area contributed by atoms with Crippen LogP contribution in [0.5, 0.6) is 0 Å². The Balaban J connectivity index is 1.70. The molecule has 1 aromatic rings. The molecule has 2 atom stereocenters. The van der Waals surface area contributed by atoms with Crippen molar-refractivity contribution in [2.45, 2.75) is 37.8 Å². The highest BCUT2D eigenvalue weighted by molar-refractivity contribution is 8.00. The second kappa shape index (κ2) is 9.42.